The Hall–Kier alpha value is -1.11. The Morgan fingerprint density at radius 2 is 1.93 bits per heavy atom. The summed E-state index contributed by atoms with van der Waals surface area (Å²) in [6.45, 7) is 2.89. The second-order valence-electron chi connectivity index (χ2n) is 7.49. The molecule has 1 aliphatic carbocycles. The molecule has 0 radical (unpaired) electrons. The maximum atomic E-state index is 12.9. The average Bonchev–Trinajstić information content (AvgIpc) is 2.95. The average molecular weight is 412 g/mol. The molecule has 1 aromatic rings. The fraction of sp³-hybridized carbons (Fsp3) is 0.650. The normalized spacial score (nSPS) is 20.7. The van der Waals surface area contributed by atoms with Crippen LogP contribution >= 0.6 is 23.4 Å². The van der Waals surface area contributed by atoms with E-state index in [4.69, 9.17) is 22.1 Å². The van der Waals surface area contributed by atoms with Crippen molar-refractivity contribution in [2.75, 3.05) is 44.0 Å². The lowest BCUT2D eigenvalue weighted by Gasteiger charge is -2.46. The van der Waals surface area contributed by atoms with Crippen LogP contribution in [0.25, 0.3) is 0 Å². The first-order valence-corrected chi connectivity index (χ1v) is 11.3. The number of benzene rings is 1. The van der Waals surface area contributed by atoms with E-state index in [1.807, 2.05) is 11.8 Å². The molecule has 3 N–H and O–H groups in total. The number of nitrogen functional groups attached to an aromatic ring is 1. The van der Waals surface area contributed by atoms with E-state index in [1.165, 1.54) is 44.3 Å². The van der Waals surface area contributed by atoms with Crippen LogP contribution in [0.15, 0.2) is 12.1 Å². The number of hydrogen-bond donors (Lipinski definition) is 2. The third-order valence-corrected chi connectivity index (χ3v) is 7.13. The van der Waals surface area contributed by atoms with Crippen LogP contribution in [0, 0.1) is 0 Å². The molecule has 7 heteroatoms. The van der Waals surface area contributed by atoms with Crippen molar-refractivity contribution in [3.63, 3.8) is 0 Å². The molecule has 150 valence electrons. The van der Waals surface area contributed by atoms with E-state index >= 15 is 0 Å². The van der Waals surface area contributed by atoms with Crippen LogP contribution in [0.5, 0.6) is 5.75 Å². The number of nitrogens with zero attached hydrogens (tertiary/aromatic N) is 1. The summed E-state index contributed by atoms with van der Waals surface area (Å²) in [6, 6.07) is 3.21. The van der Waals surface area contributed by atoms with Crippen LogP contribution in [-0.2, 0) is 0 Å². The highest BCUT2D eigenvalue weighted by Gasteiger charge is 2.38. The first-order valence-electron chi connectivity index (χ1n) is 9.80. The molecule has 2 fully saturated rings. The Bertz CT molecular complexity index is 657. The zero-order chi connectivity index (χ0) is 19.3. The van der Waals surface area contributed by atoms with Gasteiger partial charge in [-0.15, -0.1) is 0 Å². The predicted molar refractivity (Wildman–Crippen MR) is 114 cm³/mol. The summed E-state index contributed by atoms with van der Waals surface area (Å²) >= 11 is 8.16. The van der Waals surface area contributed by atoms with Gasteiger partial charge in [0.1, 0.15) is 5.75 Å². The second-order valence-corrected chi connectivity index (χ2v) is 9.13. The molecule has 1 saturated heterocycles. The number of carbonyl (C=O) groups excluding carboxylic acids is 1. The van der Waals surface area contributed by atoms with Crippen molar-refractivity contribution < 1.29 is 9.53 Å². The van der Waals surface area contributed by atoms with Gasteiger partial charge in [0.05, 0.1) is 23.4 Å². The summed E-state index contributed by atoms with van der Waals surface area (Å²) < 4.78 is 5.34. The Morgan fingerprint density at radius 3 is 2.56 bits per heavy atom. The van der Waals surface area contributed by atoms with Crippen molar-refractivity contribution in [3.8, 4) is 5.75 Å². The van der Waals surface area contributed by atoms with Crippen molar-refractivity contribution in [1.29, 1.82) is 0 Å². The van der Waals surface area contributed by atoms with Gasteiger partial charge in [-0.3, -0.25) is 9.69 Å². The zero-order valence-electron chi connectivity index (χ0n) is 16.1. The minimum atomic E-state index is -0.149. The van der Waals surface area contributed by atoms with Gasteiger partial charge >= 0.3 is 0 Å². The summed E-state index contributed by atoms with van der Waals surface area (Å²) in [5.74, 6) is 2.66. The molecule has 5 nitrogen and oxygen atoms in total. The van der Waals surface area contributed by atoms with Gasteiger partial charge in [-0.2, -0.15) is 11.8 Å². The molecule has 2 aliphatic rings. The van der Waals surface area contributed by atoms with E-state index < -0.39 is 0 Å². The molecule has 0 unspecified atom stereocenters. The Labute approximate surface area is 171 Å². The number of ether oxygens (including phenoxy) is 1. The van der Waals surface area contributed by atoms with E-state index in [9.17, 15) is 4.79 Å². The monoisotopic (exact) mass is 411 g/mol. The van der Waals surface area contributed by atoms with Crippen LogP contribution in [0.1, 0.15) is 48.9 Å². The van der Waals surface area contributed by atoms with E-state index in [1.54, 1.807) is 12.1 Å². The van der Waals surface area contributed by atoms with Crippen LogP contribution in [0.2, 0.25) is 5.02 Å². The molecule has 1 aliphatic heterocycles. The number of halogens is 1. The third-order valence-electron chi connectivity index (χ3n) is 5.86. The summed E-state index contributed by atoms with van der Waals surface area (Å²) in [6.07, 6.45) is 7.35. The van der Waals surface area contributed by atoms with Crippen molar-refractivity contribution in [1.82, 2.24) is 10.2 Å². The zero-order valence-corrected chi connectivity index (χ0v) is 17.6. The standard InChI is InChI=1S/C20H30ClN3O2S/c1-26-18-13-17(22)16(21)12-15(18)19(25)23-14-20(6-4-2-3-5-7-20)24-8-10-27-11-9-24/h12-13H,2-11,14,22H2,1H3,(H,23,25). The molecular weight excluding hydrogens is 382 g/mol. The second kappa shape index (κ2) is 9.39. The lowest BCUT2D eigenvalue weighted by atomic mass is 9.87. The highest BCUT2D eigenvalue weighted by molar-refractivity contribution is 7.99. The van der Waals surface area contributed by atoms with Gasteiger partial charge < -0.3 is 15.8 Å². The van der Waals surface area contributed by atoms with Gasteiger partial charge in [-0.05, 0) is 18.9 Å². The van der Waals surface area contributed by atoms with E-state index in [2.05, 4.69) is 10.2 Å². The predicted octanol–water partition coefficient (Wildman–Crippen LogP) is 3.80. The molecule has 3 rings (SSSR count). The lowest BCUT2D eigenvalue weighted by molar-refractivity contribution is 0.0707. The van der Waals surface area contributed by atoms with Gasteiger partial charge in [0.15, 0.2) is 0 Å². The molecule has 0 bridgehead atoms. The Balaban J connectivity index is 1.77. The van der Waals surface area contributed by atoms with Gasteiger partial charge in [0.2, 0.25) is 0 Å². The van der Waals surface area contributed by atoms with Crippen molar-refractivity contribution in [2.24, 2.45) is 0 Å². The van der Waals surface area contributed by atoms with E-state index in [0.717, 1.165) is 25.9 Å². The van der Waals surface area contributed by atoms with Gasteiger partial charge in [0, 0.05) is 42.7 Å². The summed E-state index contributed by atoms with van der Waals surface area (Å²) in [4.78, 5) is 15.6. The summed E-state index contributed by atoms with van der Waals surface area (Å²) in [5.41, 5.74) is 6.76. The number of nitrogens with one attached hydrogen (secondary N) is 1. The van der Waals surface area contributed by atoms with E-state index in [-0.39, 0.29) is 11.4 Å². The van der Waals surface area contributed by atoms with Crippen LogP contribution in [-0.4, -0.2) is 54.6 Å². The number of thioether (sulfide) groups is 1. The molecular formula is C20H30ClN3O2S. The smallest absolute Gasteiger partial charge is 0.255 e. The number of methoxy groups -OCH3 is 1. The Morgan fingerprint density at radius 1 is 1.26 bits per heavy atom. The van der Waals surface area contributed by atoms with Crippen LogP contribution < -0.4 is 15.8 Å². The fourth-order valence-electron chi connectivity index (χ4n) is 4.28. The maximum Gasteiger partial charge on any atom is 0.255 e. The van der Waals surface area contributed by atoms with Crippen LogP contribution in [0.3, 0.4) is 0 Å². The molecule has 1 heterocycles. The lowest BCUT2D eigenvalue weighted by Crippen LogP contribution is -2.57. The topological polar surface area (TPSA) is 67.6 Å². The molecule has 27 heavy (non-hydrogen) atoms. The third kappa shape index (κ3) is 4.84. The number of nitrogens with two attached hydrogens (primary N) is 1. The molecule has 0 atom stereocenters. The quantitative estimate of drug-likeness (QED) is 0.569. The number of anilines is 1. The van der Waals surface area contributed by atoms with Crippen molar-refractivity contribution >= 4 is 35.0 Å². The molecule has 0 spiro atoms. The number of amides is 1. The maximum absolute atomic E-state index is 12.9. The molecule has 0 aromatic heterocycles. The summed E-state index contributed by atoms with van der Waals surface area (Å²) in [5, 5.41) is 3.56. The molecule has 1 aromatic carbocycles. The van der Waals surface area contributed by atoms with Gasteiger partial charge in [-0.1, -0.05) is 37.3 Å². The largest absolute Gasteiger partial charge is 0.496 e. The van der Waals surface area contributed by atoms with Crippen molar-refractivity contribution in [3.05, 3.63) is 22.7 Å². The van der Waals surface area contributed by atoms with E-state index in [0.29, 0.717) is 28.6 Å². The van der Waals surface area contributed by atoms with Crippen LogP contribution in [0.4, 0.5) is 5.69 Å². The van der Waals surface area contributed by atoms with Crippen molar-refractivity contribution in [2.45, 2.75) is 44.1 Å². The SMILES string of the molecule is COc1cc(N)c(Cl)cc1C(=O)NCC1(N2CCSCC2)CCCCCC1. The number of hydrogen-bond acceptors (Lipinski definition) is 5. The fourth-order valence-corrected chi connectivity index (χ4v) is 5.35. The number of rotatable bonds is 5. The minimum absolute atomic E-state index is 0.0674. The first-order chi connectivity index (χ1) is 13.1. The minimum Gasteiger partial charge on any atom is -0.496 e. The Kier molecular flexibility index (Phi) is 7.17. The molecule has 1 saturated carbocycles. The summed E-state index contributed by atoms with van der Waals surface area (Å²) in [7, 11) is 1.54. The van der Waals surface area contributed by atoms with Gasteiger partial charge in [0.25, 0.3) is 5.91 Å². The molecule has 1 amide bonds. The van der Waals surface area contributed by atoms with Gasteiger partial charge in [-0.25, -0.2) is 0 Å². The first kappa shape index (κ1) is 20.6. The highest BCUT2D eigenvalue weighted by atomic mass is 35.5. The number of carbonyl (C=O) groups is 1. The highest BCUT2D eigenvalue weighted by Crippen LogP contribution is 2.34.